The van der Waals surface area contributed by atoms with Crippen LogP contribution in [-0.4, -0.2) is 59.6 Å². The summed E-state index contributed by atoms with van der Waals surface area (Å²) in [6.45, 7) is 1.12. The van der Waals surface area contributed by atoms with Crippen LogP contribution in [0, 0.1) is 11.8 Å². The van der Waals surface area contributed by atoms with Gasteiger partial charge in [0, 0.05) is 25.0 Å². The highest BCUT2D eigenvalue weighted by molar-refractivity contribution is 6.08. The largest absolute Gasteiger partial charge is 0.481 e. The van der Waals surface area contributed by atoms with Crippen molar-refractivity contribution in [1.82, 2.24) is 4.90 Å². The molecule has 1 heterocycles. The molecule has 2 atom stereocenters. The van der Waals surface area contributed by atoms with Gasteiger partial charge in [-0.25, -0.2) is 0 Å². The molecule has 0 unspecified atom stereocenters. The minimum absolute atomic E-state index is 0.0119. The van der Waals surface area contributed by atoms with Crippen molar-refractivity contribution in [2.75, 3.05) is 13.1 Å². The van der Waals surface area contributed by atoms with Crippen molar-refractivity contribution in [2.24, 2.45) is 17.6 Å². The van der Waals surface area contributed by atoms with Crippen LogP contribution in [0.3, 0.4) is 0 Å². The van der Waals surface area contributed by atoms with E-state index >= 15 is 0 Å². The van der Waals surface area contributed by atoms with Gasteiger partial charge < -0.3 is 15.9 Å². The molecule has 0 aromatic rings. The first-order valence-corrected chi connectivity index (χ1v) is 8.37. The number of hydrogen-bond donors (Lipinski definition) is 3. The Kier molecular flexibility index (Phi) is 5.50. The molecule has 0 aromatic carbocycles. The second-order valence-corrected chi connectivity index (χ2v) is 6.96. The maximum absolute atomic E-state index is 11.6. The highest BCUT2D eigenvalue weighted by Gasteiger charge is 2.50. The fraction of sp³-hybridized carbons (Fsp3) is 0.867. The van der Waals surface area contributed by atoms with E-state index in [9.17, 15) is 14.7 Å². The zero-order valence-electron chi connectivity index (χ0n) is 13.3. The summed E-state index contributed by atoms with van der Waals surface area (Å²) in [5, 5.41) is 18.6. The highest BCUT2D eigenvalue weighted by atomic mass is 16.4. The summed E-state index contributed by atoms with van der Waals surface area (Å²) >= 11 is 0. The zero-order valence-corrected chi connectivity index (χ0v) is 13.3. The van der Waals surface area contributed by atoms with E-state index in [1.165, 1.54) is 0 Å². The summed E-state index contributed by atoms with van der Waals surface area (Å²) in [4.78, 5) is 24.9. The SMILES string of the molecule is BCCC[C@H]1CN(C2CCC(C(=O)O)CC2)C[C@@]1(N)C(=O)O. The third-order valence-electron chi connectivity index (χ3n) is 5.51. The quantitative estimate of drug-likeness (QED) is 0.604. The molecule has 2 aliphatic rings. The maximum atomic E-state index is 11.6. The topological polar surface area (TPSA) is 104 Å². The summed E-state index contributed by atoms with van der Waals surface area (Å²) in [7, 11) is 2.10. The van der Waals surface area contributed by atoms with Crippen molar-refractivity contribution >= 4 is 19.8 Å². The second kappa shape index (κ2) is 7.00. The Bertz CT molecular complexity index is 426. The van der Waals surface area contributed by atoms with E-state index in [0.29, 0.717) is 19.4 Å². The smallest absolute Gasteiger partial charge is 0.325 e. The van der Waals surface area contributed by atoms with Gasteiger partial charge in [-0.15, -0.1) is 0 Å². The maximum Gasteiger partial charge on any atom is 0.325 e. The van der Waals surface area contributed by atoms with Crippen molar-refractivity contribution < 1.29 is 19.8 Å². The monoisotopic (exact) mass is 310 g/mol. The van der Waals surface area contributed by atoms with E-state index in [1.54, 1.807) is 0 Å². The van der Waals surface area contributed by atoms with E-state index in [1.807, 2.05) is 0 Å². The van der Waals surface area contributed by atoms with Gasteiger partial charge in [0.15, 0.2) is 0 Å². The first-order chi connectivity index (χ1) is 10.4. The number of hydrogen-bond acceptors (Lipinski definition) is 4. The van der Waals surface area contributed by atoms with Gasteiger partial charge in [-0.3, -0.25) is 14.5 Å². The van der Waals surface area contributed by atoms with Crippen LogP contribution in [0.4, 0.5) is 0 Å². The van der Waals surface area contributed by atoms with Gasteiger partial charge in [0.2, 0.25) is 0 Å². The Labute approximate surface area is 132 Å². The lowest BCUT2D eigenvalue weighted by Gasteiger charge is -2.33. The fourth-order valence-corrected chi connectivity index (χ4v) is 3.98. The van der Waals surface area contributed by atoms with E-state index in [-0.39, 0.29) is 17.9 Å². The third-order valence-corrected chi connectivity index (χ3v) is 5.51. The molecule has 1 aliphatic carbocycles. The number of aliphatic carboxylic acids is 2. The van der Waals surface area contributed by atoms with Crippen LogP contribution < -0.4 is 5.73 Å². The molecule has 1 saturated heterocycles. The number of carbonyl (C=O) groups is 2. The zero-order chi connectivity index (χ0) is 16.3. The number of nitrogens with zero attached hydrogens (tertiary/aromatic N) is 1. The van der Waals surface area contributed by atoms with E-state index < -0.39 is 17.5 Å². The Morgan fingerprint density at radius 3 is 2.36 bits per heavy atom. The van der Waals surface area contributed by atoms with Gasteiger partial charge in [-0.05, 0) is 32.1 Å². The average Bonchev–Trinajstić information content (AvgIpc) is 2.84. The van der Waals surface area contributed by atoms with Crippen molar-refractivity contribution in [3.8, 4) is 0 Å². The number of carboxylic acid groups (broad SMARTS) is 2. The summed E-state index contributed by atoms with van der Waals surface area (Å²) in [6.07, 6.45) is 5.90. The lowest BCUT2D eigenvalue weighted by Crippen LogP contribution is -2.55. The van der Waals surface area contributed by atoms with Crippen LogP contribution in [0.2, 0.25) is 6.32 Å². The van der Waals surface area contributed by atoms with Crippen LogP contribution >= 0.6 is 0 Å². The predicted molar refractivity (Wildman–Crippen MR) is 85.6 cm³/mol. The van der Waals surface area contributed by atoms with Crippen LogP contribution in [0.5, 0.6) is 0 Å². The summed E-state index contributed by atoms with van der Waals surface area (Å²) in [6, 6.07) is 0.282. The Balaban J connectivity index is 1.99. The summed E-state index contributed by atoms with van der Waals surface area (Å²) in [5.41, 5.74) is 5.07. The highest BCUT2D eigenvalue weighted by Crippen LogP contribution is 2.36. The molecule has 0 spiro atoms. The summed E-state index contributed by atoms with van der Waals surface area (Å²) < 4.78 is 0. The summed E-state index contributed by atoms with van der Waals surface area (Å²) in [5.74, 6) is -1.87. The molecule has 124 valence electrons. The molecule has 2 rings (SSSR count). The van der Waals surface area contributed by atoms with Gasteiger partial charge in [-0.2, -0.15) is 0 Å². The Morgan fingerprint density at radius 2 is 1.86 bits per heavy atom. The first kappa shape index (κ1) is 17.3. The lowest BCUT2D eigenvalue weighted by molar-refractivity contribution is -0.144. The van der Waals surface area contributed by atoms with Gasteiger partial charge in [0.05, 0.1) is 5.92 Å². The lowest BCUT2D eigenvalue weighted by atomic mass is 9.83. The molecule has 1 aliphatic heterocycles. The molecule has 1 saturated carbocycles. The average molecular weight is 310 g/mol. The third kappa shape index (κ3) is 3.46. The van der Waals surface area contributed by atoms with Crippen molar-refractivity contribution in [1.29, 1.82) is 0 Å². The molecule has 6 nitrogen and oxygen atoms in total. The van der Waals surface area contributed by atoms with Gasteiger partial charge in [-0.1, -0.05) is 12.7 Å². The minimum atomic E-state index is -1.15. The fourth-order valence-electron chi connectivity index (χ4n) is 3.98. The minimum Gasteiger partial charge on any atom is -0.481 e. The molecular formula is C15H27BN2O4. The van der Waals surface area contributed by atoms with Gasteiger partial charge in [0.25, 0.3) is 0 Å². The molecule has 0 amide bonds. The van der Waals surface area contributed by atoms with Gasteiger partial charge in [0.1, 0.15) is 13.4 Å². The van der Waals surface area contributed by atoms with Crippen molar-refractivity contribution in [3.63, 3.8) is 0 Å². The molecule has 7 heteroatoms. The molecule has 2 fully saturated rings. The van der Waals surface area contributed by atoms with Crippen molar-refractivity contribution in [2.45, 2.75) is 56.4 Å². The first-order valence-electron chi connectivity index (χ1n) is 8.37. The standard InChI is InChI=1S/C15H27BN2O4/c16-7-1-2-11-8-18(9-15(11,17)14(21)22)12-5-3-10(4-6-12)13(19)20/h10-12H,1-9,16-17H2,(H,19,20)(H,21,22)/t10?,11-,12?,15-/m0/s1. The Morgan fingerprint density at radius 1 is 1.23 bits per heavy atom. The molecule has 4 N–H and O–H groups in total. The molecule has 0 radical (unpaired) electrons. The number of likely N-dealkylation sites (tertiary alicyclic amines) is 1. The van der Waals surface area contributed by atoms with Crippen LogP contribution in [-0.2, 0) is 9.59 Å². The molecule has 0 aromatic heterocycles. The Hall–Kier alpha value is -1.08. The number of rotatable bonds is 6. The van der Waals surface area contributed by atoms with E-state index in [2.05, 4.69) is 12.7 Å². The second-order valence-electron chi connectivity index (χ2n) is 6.96. The normalized spacial score (nSPS) is 36.3. The molecular weight excluding hydrogens is 283 g/mol. The van der Waals surface area contributed by atoms with Crippen LogP contribution in [0.1, 0.15) is 38.5 Å². The van der Waals surface area contributed by atoms with E-state index in [4.69, 9.17) is 10.8 Å². The molecule has 22 heavy (non-hydrogen) atoms. The number of carboxylic acids is 2. The van der Waals surface area contributed by atoms with E-state index in [0.717, 1.165) is 38.5 Å². The molecule has 0 bridgehead atoms. The number of nitrogens with two attached hydrogens (primary N) is 1. The predicted octanol–water partition coefficient (Wildman–Crippen LogP) is 0.175. The van der Waals surface area contributed by atoms with Crippen molar-refractivity contribution in [3.05, 3.63) is 0 Å². The van der Waals surface area contributed by atoms with Crippen LogP contribution in [0.15, 0.2) is 0 Å². The van der Waals surface area contributed by atoms with Crippen LogP contribution in [0.25, 0.3) is 0 Å². The van der Waals surface area contributed by atoms with Gasteiger partial charge >= 0.3 is 11.9 Å².